The summed E-state index contributed by atoms with van der Waals surface area (Å²) in [6.07, 6.45) is 5.89. The third-order valence-corrected chi connectivity index (χ3v) is 5.16. The Hall–Kier alpha value is -3.38. The highest BCUT2D eigenvalue weighted by molar-refractivity contribution is 5.90. The van der Waals surface area contributed by atoms with Gasteiger partial charge in [-0.25, -0.2) is 10.2 Å². The van der Waals surface area contributed by atoms with Gasteiger partial charge < -0.3 is 15.0 Å². The van der Waals surface area contributed by atoms with Crippen LogP contribution in [0.5, 0.6) is 0 Å². The molecule has 6 heteroatoms. The molecular weight excluding hydrogens is 376 g/mol. The minimum absolute atomic E-state index is 0.357. The van der Waals surface area contributed by atoms with E-state index < -0.39 is 0 Å². The number of para-hydroxylation sites is 1. The molecule has 154 valence electrons. The molecule has 2 aromatic rings. The van der Waals surface area contributed by atoms with E-state index in [9.17, 15) is 4.79 Å². The Morgan fingerprint density at radius 1 is 0.967 bits per heavy atom. The largest absolute Gasteiger partial charge is 0.378 e. The fourth-order valence-corrected chi connectivity index (χ4v) is 3.77. The van der Waals surface area contributed by atoms with Crippen LogP contribution in [0.15, 0.2) is 82.6 Å². The van der Waals surface area contributed by atoms with Gasteiger partial charge in [0.1, 0.15) is 0 Å². The number of carbonyl (C=O) groups is 1. The van der Waals surface area contributed by atoms with Crippen LogP contribution in [0.2, 0.25) is 0 Å². The number of anilines is 1. The van der Waals surface area contributed by atoms with Gasteiger partial charge in [0, 0.05) is 24.5 Å². The molecule has 2 amide bonds. The second-order valence-electron chi connectivity index (χ2n) is 7.24. The van der Waals surface area contributed by atoms with Gasteiger partial charge >= 0.3 is 6.03 Å². The molecule has 1 fully saturated rings. The Morgan fingerprint density at radius 3 is 2.40 bits per heavy atom. The summed E-state index contributed by atoms with van der Waals surface area (Å²) in [6, 6.07) is 19.3. The van der Waals surface area contributed by atoms with Crippen molar-refractivity contribution in [3.8, 4) is 0 Å². The van der Waals surface area contributed by atoms with Gasteiger partial charge in [0.2, 0.25) is 0 Å². The maximum absolute atomic E-state index is 12.1. The molecule has 1 aliphatic heterocycles. The first-order chi connectivity index (χ1) is 14.8. The molecule has 6 nitrogen and oxygen atoms in total. The second-order valence-corrected chi connectivity index (χ2v) is 7.24. The number of hydrogen-bond acceptors (Lipinski definition) is 4. The first-order valence-electron chi connectivity index (χ1n) is 10.3. The van der Waals surface area contributed by atoms with Crippen LogP contribution in [-0.4, -0.2) is 43.4 Å². The Labute approximate surface area is 176 Å². The number of allylic oxidation sites excluding steroid dienone is 2. The van der Waals surface area contributed by atoms with Crippen LogP contribution in [0.1, 0.15) is 18.4 Å². The number of nitrogens with zero attached hydrogens (tertiary/aromatic N) is 2. The first kappa shape index (κ1) is 19.9. The molecule has 0 aromatic heterocycles. The number of hydrazone groups is 1. The Kier molecular flexibility index (Phi) is 6.57. The van der Waals surface area contributed by atoms with Crippen molar-refractivity contribution < 1.29 is 9.53 Å². The topological polar surface area (TPSA) is 66.0 Å². The van der Waals surface area contributed by atoms with Crippen LogP contribution in [0.4, 0.5) is 10.5 Å². The maximum Gasteiger partial charge on any atom is 0.339 e. The minimum atomic E-state index is -0.357. The molecule has 0 bridgehead atoms. The van der Waals surface area contributed by atoms with Crippen molar-refractivity contribution in [1.29, 1.82) is 0 Å². The van der Waals surface area contributed by atoms with E-state index in [1.54, 1.807) is 6.21 Å². The normalized spacial score (nSPS) is 18.3. The van der Waals surface area contributed by atoms with Crippen molar-refractivity contribution in [3.05, 3.63) is 83.1 Å². The van der Waals surface area contributed by atoms with Gasteiger partial charge in [-0.3, -0.25) is 0 Å². The summed E-state index contributed by atoms with van der Waals surface area (Å²) in [5, 5.41) is 6.97. The molecule has 4 rings (SSSR count). The van der Waals surface area contributed by atoms with E-state index in [-0.39, 0.29) is 6.03 Å². The van der Waals surface area contributed by atoms with E-state index in [1.807, 2.05) is 36.4 Å². The van der Waals surface area contributed by atoms with Crippen molar-refractivity contribution in [2.75, 3.05) is 31.6 Å². The Bertz CT molecular complexity index is 946. The third-order valence-electron chi connectivity index (χ3n) is 5.16. The highest BCUT2D eigenvalue weighted by Crippen LogP contribution is 2.34. The van der Waals surface area contributed by atoms with Crippen LogP contribution in [0.25, 0.3) is 6.08 Å². The van der Waals surface area contributed by atoms with Crippen molar-refractivity contribution in [2.45, 2.75) is 12.8 Å². The lowest BCUT2D eigenvalue weighted by atomic mass is 10.1. The van der Waals surface area contributed by atoms with E-state index in [0.29, 0.717) is 0 Å². The van der Waals surface area contributed by atoms with E-state index in [1.165, 1.54) is 16.8 Å². The van der Waals surface area contributed by atoms with Gasteiger partial charge in [-0.2, -0.15) is 5.10 Å². The number of nitrogens with one attached hydrogen (secondary N) is 2. The fraction of sp³-hybridized carbons (Fsp3) is 0.250. The average molecular weight is 402 g/mol. The number of rotatable bonds is 5. The van der Waals surface area contributed by atoms with Crippen molar-refractivity contribution >= 4 is 24.0 Å². The van der Waals surface area contributed by atoms with E-state index in [0.717, 1.165) is 50.4 Å². The fourth-order valence-electron chi connectivity index (χ4n) is 3.77. The number of urea groups is 1. The first-order valence-corrected chi connectivity index (χ1v) is 10.3. The summed E-state index contributed by atoms with van der Waals surface area (Å²) in [6.45, 7) is 3.18. The molecule has 2 N–H and O–H groups in total. The second kappa shape index (κ2) is 9.89. The molecule has 1 aliphatic carbocycles. The van der Waals surface area contributed by atoms with Gasteiger partial charge in [0.15, 0.2) is 0 Å². The van der Waals surface area contributed by atoms with E-state index in [4.69, 9.17) is 4.74 Å². The van der Waals surface area contributed by atoms with Crippen molar-refractivity contribution in [1.82, 2.24) is 10.3 Å². The number of hydrogen-bond donors (Lipinski definition) is 2. The summed E-state index contributed by atoms with van der Waals surface area (Å²) in [4.78, 5) is 14.5. The molecule has 2 aliphatic rings. The molecule has 0 spiro atoms. The smallest absolute Gasteiger partial charge is 0.339 e. The zero-order valence-electron chi connectivity index (χ0n) is 16.9. The summed E-state index contributed by atoms with van der Waals surface area (Å²) in [7, 11) is 0. The average Bonchev–Trinajstić information content (AvgIpc) is 3.18. The highest BCUT2D eigenvalue weighted by atomic mass is 16.5. The summed E-state index contributed by atoms with van der Waals surface area (Å²) in [5.41, 5.74) is 8.15. The quantitative estimate of drug-likeness (QED) is 0.580. The van der Waals surface area contributed by atoms with Crippen LogP contribution in [0.3, 0.4) is 0 Å². The molecule has 0 saturated carbocycles. The number of ether oxygens (including phenoxy) is 1. The monoisotopic (exact) mass is 402 g/mol. The molecule has 30 heavy (non-hydrogen) atoms. The molecule has 2 aromatic carbocycles. The van der Waals surface area contributed by atoms with Gasteiger partial charge in [-0.05, 0) is 47.8 Å². The Balaban J connectivity index is 1.50. The van der Waals surface area contributed by atoms with E-state index >= 15 is 0 Å². The third kappa shape index (κ3) is 5.15. The van der Waals surface area contributed by atoms with Gasteiger partial charge in [-0.15, -0.1) is 0 Å². The Morgan fingerprint density at radius 2 is 1.67 bits per heavy atom. The molecular formula is C24H26N4O2. The van der Waals surface area contributed by atoms with Gasteiger partial charge in [-0.1, -0.05) is 48.5 Å². The number of amides is 2. The summed E-state index contributed by atoms with van der Waals surface area (Å²) < 4.78 is 5.53. The molecule has 1 heterocycles. The summed E-state index contributed by atoms with van der Waals surface area (Å²) >= 11 is 0. The van der Waals surface area contributed by atoms with Crippen LogP contribution >= 0.6 is 0 Å². The predicted octanol–water partition coefficient (Wildman–Crippen LogP) is 4.26. The predicted molar refractivity (Wildman–Crippen MR) is 120 cm³/mol. The number of carbonyl (C=O) groups excluding carboxylic acids is 1. The van der Waals surface area contributed by atoms with E-state index in [2.05, 4.69) is 51.1 Å². The van der Waals surface area contributed by atoms with Crippen LogP contribution in [-0.2, 0) is 4.74 Å². The SMILES string of the molecule is O=C(N/N=C\C1=C(N2CCOCC2)C(=C/c2ccccc2)/CC1)Nc1ccccc1. The molecule has 1 saturated heterocycles. The maximum atomic E-state index is 12.1. The lowest BCUT2D eigenvalue weighted by Crippen LogP contribution is -2.36. The van der Waals surface area contributed by atoms with Crippen molar-refractivity contribution in [3.63, 3.8) is 0 Å². The molecule has 0 unspecified atom stereocenters. The zero-order chi connectivity index (χ0) is 20.6. The van der Waals surface area contributed by atoms with Gasteiger partial charge in [0.05, 0.1) is 19.4 Å². The highest BCUT2D eigenvalue weighted by Gasteiger charge is 2.25. The number of benzene rings is 2. The zero-order valence-corrected chi connectivity index (χ0v) is 16.9. The standard InChI is InChI=1S/C24H26N4O2/c29-24(26-22-9-5-2-6-10-22)27-25-18-21-12-11-20(17-19-7-3-1-4-8-19)23(21)28-13-15-30-16-14-28/h1-10,17-18H,11-16H2,(H2,26,27,29)/b20-17+,25-18-. The summed E-state index contributed by atoms with van der Waals surface area (Å²) in [5.74, 6) is 0. The van der Waals surface area contributed by atoms with Crippen LogP contribution < -0.4 is 10.7 Å². The molecule has 0 atom stereocenters. The number of morpholine rings is 1. The lowest BCUT2D eigenvalue weighted by molar-refractivity contribution is 0.0548. The van der Waals surface area contributed by atoms with Gasteiger partial charge in [0.25, 0.3) is 0 Å². The minimum Gasteiger partial charge on any atom is -0.378 e. The van der Waals surface area contributed by atoms with Crippen molar-refractivity contribution in [2.24, 2.45) is 5.10 Å². The lowest BCUT2D eigenvalue weighted by Gasteiger charge is -2.31. The molecule has 0 radical (unpaired) electrons. The van der Waals surface area contributed by atoms with Crippen LogP contribution in [0, 0.1) is 0 Å².